The molecule has 0 aliphatic heterocycles. The second-order valence-corrected chi connectivity index (χ2v) is 4.01. The molecule has 21 heavy (non-hydrogen) atoms. The number of nitrogens with one attached hydrogen (secondary N) is 1. The molecule has 1 heterocycles. The van der Waals surface area contributed by atoms with Crippen molar-refractivity contribution in [2.24, 2.45) is 0 Å². The smallest absolute Gasteiger partial charge is 0.296 e. The van der Waals surface area contributed by atoms with Crippen molar-refractivity contribution in [3.8, 4) is 11.5 Å². The lowest BCUT2D eigenvalue weighted by molar-refractivity contribution is -0.384. The summed E-state index contributed by atoms with van der Waals surface area (Å²) in [5.41, 5.74) is 0.238. The van der Waals surface area contributed by atoms with E-state index in [0.29, 0.717) is 36.0 Å². The fourth-order valence-corrected chi connectivity index (χ4v) is 1.77. The second kappa shape index (κ2) is 6.55. The van der Waals surface area contributed by atoms with Crippen molar-refractivity contribution in [2.75, 3.05) is 26.1 Å². The molecule has 0 radical (unpaired) electrons. The summed E-state index contributed by atoms with van der Waals surface area (Å²) in [6, 6.07) is 2.84. The van der Waals surface area contributed by atoms with Crippen molar-refractivity contribution in [1.29, 1.82) is 0 Å². The number of benzene rings is 1. The van der Waals surface area contributed by atoms with E-state index in [-0.39, 0.29) is 5.69 Å². The minimum Gasteiger partial charge on any atom is -0.493 e. The summed E-state index contributed by atoms with van der Waals surface area (Å²) in [5.74, 6) is 1.23. The van der Waals surface area contributed by atoms with Crippen molar-refractivity contribution in [2.45, 2.75) is 6.42 Å². The molecule has 0 spiro atoms. The van der Waals surface area contributed by atoms with Crippen molar-refractivity contribution < 1.29 is 18.9 Å². The zero-order valence-corrected chi connectivity index (χ0v) is 11.5. The van der Waals surface area contributed by atoms with Gasteiger partial charge in [0, 0.05) is 19.0 Å². The Bertz CT molecular complexity index is 614. The Morgan fingerprint density at radius 1 is 1.33 bits per heavy atom. The van der Waals surface area contributed by atoms with Crippen LogP contribution < -0.4 is 14.8 Å². The predicted octanol–water partition coefficient (Wildman–Crippen LogP) is 1.65. The predicted molar refractivity (Wildman–Crippen MR) is 72.7 cm³/mol. The molecule has 0 atom stereocenters. The Balaban J connectivity index is 2.17. The van der Waals surface area contributed by atoms with E-state index in [1.165, 1.54) is 32.7 Å². The molecule has 1 N–H and O–H groups in total. The van der Waals surface area contributed by atoms with Crippen molar-refractivity contribution in [1.82, 2.24) is 10.1 Å². The van der Waals surface area contributed by atoms with Crippen LogP contribution in [0.3, 0.4) is 0 Å². The molecule has 1 aromatic heterocycles. The van der Waals surface area contributed by atoms with Crippen molar-refractivity contribution >= 4 is 11.4 Å². The van der Waals surface area contributed by atoms with E-state index in [9.17, 15) is 10.1 Å². The topological polar surface area (TPSA) is 113 Å². The zero-order valence-electron chi connectivity index (χ0n) is 11.5. The number of rotatable bonds is 7. The maximum absolute atomic E-state index is 11.1. The molecular formula is C12H14N4O5. The molecule has 9 nitrogen and oxygen atoms in total. The maximum atomic E-state index is 11.1. The number of ether oxygens (including phenoxy) is 2. The highest BCUT2D eigenvalue weighted by molar-refractivity contribution is 5.68. The number of anilines is 1. The van der Waals surface area contributed by atoms with Gasteiger partial charge in [-0.1, -0.05) is 5.16 Å². The quantitative estimate of drug-likeness (QED) is 0.605. The standard InChI is InChI=1S/C12H14N4O5/c1-19-10-5-8(9(16(17)18)6-11(10)20-2)13-4-3-12-14-7-21-15-12/h5-7,13H,3-4H2,1-2H3. The third kappa shape index (κ3) is 3.38. The number of hydrogen-bond donors (Lipinski definition) is 1. The number of nitrogens with zero attached hydrogens (tertiary/aromatic N) is 3. The summed E-state index contributed by atoms with van der Waals surface area (Å²) < 4.78 is 14.8. The van der Waals surface area contributed by atoms with Gasteiger partial charge in [0.25, 0.3) is 5.69 Å². The Kier molecular flexibility index (Phi) is 4.54. The van der Waals surface area contributed by atoms with Gasteiger partial charge in [-0.15, -0.1) is 0 Å². The zero-order chi connectivity index (χ0) is 15.2. The Morgan fingerprint density at radius 2 is 2.05 bits per heavy atom. The van der Waals surface area contributed by atoms with E-state index in [0.717, 1.165) is 0 Å². The fraction of sp³-hybridized carbons (Fsp3) is 0.333. The molecular weight excluding hydrogens is 280 g/mol. The van der Waals surface area contributed by atoms with Crippen LogP contribution in [0.15, 0.2) is 23.0 Å². The first-order valence-corrected chi connectivity index (χ1v) is 6.05. The van der Waals surface area contributed by atoms with Gasteiger partial charge in [-0.2, -0.15) is 4.98 Å². The fourth-order valence-electron chi connectivity index (χ4n) is 1.77. The maximum Gasteiger partial charge on any atom is 0.296 e. The van der Waals surface area contributed by atoms with E-state index in [1.54, 1.807) is 0 Å². The van der Waals surface area contributed by atoms with E-state index < -0.39 is 4.92 Å². The largest absolute Gasteiger partial charge is 0.493 e. The number of aromatic nitrogens is 2. The highest BCUT2D eigenvalue weighted by Crippen LogP contribution is 2.37. The molecule has 1 aromatic carbocycles. The highest BCUT2D eigenvalue weighted by Gasteiger charge is 2.19. The van der Waals surface area contributed by atoms with Gasteiger partial charge in [0.1, 0.15) is 5.69 Å². The molecule has 0 saturated heterocycles. The monoisotopic (exact) mass is 294 g/mol. The van der Waals surface area contributed by atoms with Crippen LogP contribution in [-0.2, 0) is 6.42 Å². The van der Waals surface area contributed by atoms with Crippen LogP contribution >= 0.6 is 0 Å². The second-order valence-electron chi connectivity index (χ2n) is 4.01. The summed E-state index contributed by atoms with van der Waals surface area (Å²) in [4.78, 5) is 14.5. The average molecular weight is 294 g/mol. The van der Waals surface area contributed by atoms with Crippen molar-refractivity contribution in [3.05, 3.63) is 34.5 Å². The summed E-state index contributed by atoms with van der Waals surface area (Å²) >= 11 is 0. The SMILES string of the molecule is COc1cc(NCCc2ncon2)c([N+](=O)[O-])cc1OC. The Labute approximate surface area is 120 Å². The first-order valence-electron chi connectivity index (χ1n) is 6.05. The van der Waals surface area contributed by atoms with Crippen LogP contribution in [0.1, 0.15) is 5.82 Å². The molecule has 112 valence electrons. The van der Waals surface area contributed by atoms with Crippen LogP contribution in [0, 0.1) is 10.1 Å². The van der Waals surface area contributed by atoms with Gasteiger partial charge in [-0.05, 0) is 0 Å². The number of hydrogen-bond acceptors (Lipinski definition) is 8. The lowest BCUT2D eigenvalue weighted by Gasteiger charge is -2.11. The normalized spacial score (nSPS) is 10.2. The third-order valence-corrected chi connectivity index (χ3v) is 2.77. The van der Waals surface area contributed by atoms with Crippen LogP contribution in [0.2, 0.25) is 0 Å². The summed E-state index contributed by atoms with van der Waals surface area (Å²) in [7, 11) is 2.89. The van der Waals surface area contributed by atoms with Crippen LogP contribution in [-0.4, -0.2) is 35.8 Å². The molecule has 0 bridgehead atoms. The van der Waals surface area contributed by atoms with Gasteiger partial charge in [0.2, 0.25) is 6.39 Å². The minimum absolute atomic E-state index is 0.0965. The minimum atomic E-state index is -0.487. The lowest BCUT2D eigenvalue weighted by Crippen LogP contribution is -2.08. The van der Waals surface area contributed by atoms with Crippen molar-refractivity contribution in [3.63, 3.8) is 0 Å². The summed E-state index contributed by atoms with van der Waals surface area (Å²) in [6.45, 7) is 0.413. The molecule has 0 fully saturated rings. The molecule has 0 aliphatic carbocycles. The molecule has 2 aromatic rings. The van der Waals surface area contributed by atoms with E-state index in [1.807, 2.05) is 0 Å². The first-order chi connectivity index (χ1) is 10.2. The van der Waals surface area contributed by atoms with Gasteiger partial charge >= 0.3 is 0 Å². The van der Waals surface area contributed by atoms with Gasteiger partial charge in [-0.3, -0.25) is 10.1 Å². The number of nitro benzene ring substituents is 1. The number of nitro groups is 1. The van der Waals surface area contributed by atoms with E-state index >= 15 is 0 Å². The highest BCUT2D eigenvalue weighted by atomic mass is 16.6. The summed E-state index contributed by atoms with van der Waals surface area (Å²) in [5, 5.41) is 17.7. The van der Waals surface area contributed by atoms with Crippen LogP contribution in [0.5, 0.6) is 11.5 Å². The first kappa shape index (κ1) is 14.6. The Hall–Kier alpha value is -2.84. The number of methoxy groups -OCH3 is 2. The molecule has 0 saturated carbocycles. The van der Waals surface area contributed by atoms with E-state index in [2.05, 4.69) is 20.0 Å². The molecule has 2 rings (SSSR count). The average Bonchev–Trinajstić information content (AvgIpc) is 2.99. The lowest BCUT2D eigenvalue weighted by atomic mass is 10.2. The summed E-state index contributed by atoms with van der Waals surface area (Å²) in [6.07, 6.45) is 1.70. The van der Waals surface area contributed by atoms with Gasteiger partial charge in [-0.25, -0.2) is 0 Å². The van der Waals surface area contributed by atoms with Gasteiger partial charge in [0.05, 0.1) is 25.2 Å². The van der Waals surface area contributed by atoms with E-state index in [4.69, 9.17) is 9.47 Å². The van der Waals surface area contributed by atoms with Gasteiger partial charge < -0.3 is 19.3 Å². The molecule has 0 aliphatic rings. The van der Waals surface area contributed by atoms with Gasteiger partial charge in [0.15, 0.2) is 17.3 Å². The third-order valence-electron chi connectivity index (χ3n) is 2.77. The van der Waals surface area contributed by atoms with Crippen LogP contribution in [0.25, 0.3) is 0 Å². The molecule has 0 unspecified atom stereocenters. The Morgan fingerprint density at radius 3 is 2.62 bits per heavy atom. The molecule has 9 heteroatoms. The van der Waals surface area contributed by atoms with Crippen LogP contribution in [0.4, 0.5) is 11.4 Å². The molecule has 0 amide bonds.